The van der Waals surface area contributed by atoms with E-state index in [4.69, 9.17) is 22.9 Å². The molecule has 0 saturated carbocycles. The minimum Gasteiger partial charge on any atom is -0.480 e. The topological polar surface area (TPSA) is 408 Å². The van der Waals surface area contributed by atoms with Gasteiger partial charge in [0.05, 0.1) is 19.0 Å². The minimum atomic E-state index is -1.62. The number of nitrogens with two attached hydrogens (primary N) is 4. The lowest BCUT2D eigenvalue weighted by molar-refractivity contribution is -0.143. The summed E-state index contributed by atoms with van der Waals surface area (Å²) in [7, 11) is 0. The molecule has 0 heterocycles. The van der Waals surface area contributed by atoms with E-state index in [-0.39, 0.29) is 51.0 Å². The third kappa shape index (κ3) is 24.9. The summed E-state index contributed by atoms with van der Waals surface area (Å²) in [5, 5.41) is 29.8. The molecule has 0 spiro atoms. The number of hydrogen-bond acceptors (Lipinski definition) is 14. The fourth-order valence-electron chi connectivity index (χ4n) is 7.63. The van der Waals surface area contributed by atoms with Crippen molar-refractivity contribution in [2.75, 3.05) is 25.1 Å². The van der Waals surface area contributed by atoms with Gasteiger partial charge in [0.15, 0.2) is 0 Å². The van der Waals surface area contributed by atoms with Gasteiger partial charge in [0.2, 0.25) is 59.1 Å². The van der Waals surface area contributed by atoms with Gasteiger partial charge in [-0.05, 0) is 86.5 Å². The Morgan fingerprint density at radius 3 is 1.55 bits per heavy atom. The minimum absolute atomic E-state index is 0.00630. The van der Waals surface area contributed by atoms with Gasteiger partial charge in [-0.25, -0.2) is 4.79 Å². The molecule has 24 nitrogen and oxygen atoms in total. The standard InChI is InChI=1S/C51H78N12O12S/c1-29(2)24-37(49(72)62-39(27-41(55)65)50(73)63-43(30(3)4)51(74)75)60-46(69)34(18-12-13-22-52)59-47(70)35(19-20-40(54)64)57-42(66)28-56-45(68)38(26-32-16-10-7-11-17-32)61-48(71)36(21-23-76-5)58-44(67)33(53)25-31-14-8-6-9-15-31/h6-11,14-17,29-30,33-39,43H,12-13,18-28,52-53H2,1-5H3,(H2,54,64)(H2,55,65)(H,56,68)(H,57,66)(H,58,67)(H,59,70)(H,60,69)(H,61,71)(H,62,72)(H,63,73)(H,74,75)/t33-,34-,35-,36-,37-,38-,39-,43-/m0/s1. The number of hydrogen-bond donors (Lipinski definition) is 13. The average molecular weight is 1080 g/mol. The van der Waals surface area contributed by atoms with Crippen molar-refractivity contribution in [3.8, 4) is 0 Å². The number of carboxylic acids is 1. The van der Waals surface area contributed by atoms with E-state index in [9.17, 15) is 57.8 Å². The highest BCUT2D eigenvalue weighted by atomic mass is 32.2. The molecule has 76 heavy (non-hydrogen) atoms. The van der Waals surface area contributed by atoms with Crippen molar-refractivity contribution in [1.29, 1.82) is 0 Å². The van der Waals surface area contributed by atoms with E-state index in [2.05, 4.69) is 42.5 Å². The van der Waals surface area contributed by atoms with Crippen LogP contribution in [0.2, 0.25) is 0 Å². The second-order valence-electron chi connectivity index (χ2n) is 19.1. The summed E-state index contributed by atoms with van der Waals surface area (Å²) in [6.45, 7) is 6.07. The second kappa shape index (κ2) is 34.4. The zero-order valence-electron chi connectivity index (χ0n) is 43.9. The molecule has 0 aromatic heterocycles. The number of amides is 10. The Hall–Kier alpha value is -7.12. The highest BCUT2D eigenvalue weighted by Crippen LogP contribution is 2.12. The number of thioether (sulfide) groups is 1. The first-order valence-corrected chi connectivity index (χ1v) is 26.6. The Morgan fingerprint density at radius 1 is 0.553 bits per heavy atom. The maximum atomic E-state index is 14.0. The molecule has 0 aliphatic heterocycles. The number of carbonyl (C=O) groups excluding carboxylic acids is 10. The SMILES string of the molecule is CSCC[C@H](NC(=O)[C@@H](N)Cc1ccccc1)C(=O)N[C@@H](Cc1ccccc1)C(=O)NCC(=O)N[C@@H](CCC(N)=O)C(=O)N[C@@H](CCCCN)C(=O)N[C@@H](CC(C)C)C(=O)N[C@@H](CC(N)=O)C(=O)N[C@H](C(=O)O)C(C)C. The van der Waals surface area contributed by atoms with Gasteiger partial charge in [0.25, 0.3) is 0 Å². The van der Waals surface area contributed by atoms with E-state index in [1.54, 1.807) is 58.0 Å². The second-order valence-corrected chi connectivity index (χ2v) is 20.1. The molecule has 2 aromatic rings. The molecule has 25 heteroatoms. The molecule has 2 aromatic carbocycles. The number of benzene rings is 2. The summed E-state index contributed by atoms with van der Waals surface area (Å²) in [6.07, 6.45) is 1.46. The molecule has 17 N–H and O–H groups in total. The number of aliphatic carboxylic acids is 1. The third-order valence-electron chi connectivity index (χ3n) is 11.7. The first-order chi connectivity index (χ1) is 35.9. The lowest BCUT2D eigenvalue weighted by Crippen LogP contribution is -2.60. The van der Waals surface area contributed by atoms with Crippen LogP contribution in [-0.2, 0) is 65.6 Å². The van der Waals surface area contributed by atoms with Crippen molar-refractivity contribution in [2.24, 2.45) is 34.8 Å². The van der Waals surface area contributed by atoms with Crippen molar-refractivity contribution < 1.29 is 57.8 Å². The molecule has 0 bridgehead atoms. The van der Waals surface area contributed by atoms with Crippen LogP contribution >= 0.6 is 11.8 Å². The maximum absolute atomic E-state index is 14.0. The first-order valence-electron chi connectivity index (χ1n) is 25.2. The van der Waals surface area contributed by atoms with E-state index < -0.39 is 139 Å². The highest BCUT2D eigenvalue weighted by molar-refractivity contribution is 7.98. The number of primary amides is 2. The fourth-order valence-corrected chi connectivity index (χ4v) is 8.10. The van der Waals surface area contributed by atoms with E-state index in [1.165, 1.54) is 11.8 Å². The Balaban J connectivity index is 2.32. The van der Waals surface area contributed by atoms with Crippen molar-refractivity contribution in [1.82, 2.24) is 42.5 Å². The summed E-state index contributed by atoms with van der Waals surface area (Å²) >= 11 is 1.44. The van der Waals surface area contributed by atoms with Gasteiger partial charge in [-0.15, -0.1) is 0 Å². The molecule has 0 aliphatic carbocycles. The zero-order chi connectivity index (χ0) is 56.9. The van der Waals surface area contributed by atoms with Crippen LogP contribution in [0.5, 0.6) is 0 Å². The highest BCUT2D eigenvalue weighted by Gasteiger charge is 2.35. The number of nitrogens with one attached hydrogen (secondary N) is 8. The Labute approximate surface area is 447 Å². The van der Waals surface area contributed by atoms with Gasteiger partial charge >= 0.3 is 5.97 Å². The van der Waals surface area contributed by atoms with Gasteiger partial charge in [-0.2, -0.15) is 11.8 Å². The van der Waals surface area contributed by atoms with Gasteiger partial charge in [0.1, 0.15) is 42.3 Å². The van der Waals surface area contributed by atoms with E-state index >= 15 is 0 Å². The largest absolute Gasteiger partial charge is 0.480 e. The summed E-state index contributed by atoms with van der Waals surface area (Å²) in [5.74, 6) is -10.2. The van der Waals surface area contributed by atoms with Gasteiger partial charge < -0.3 is 70.6 Å². The molecular weight excluding hydrogens is 1000 g/mol. The van der Waals surface area contributed by atoms with Gasteiger partial charge in [0, 0.05) is 12.8 Å². The van der Waals surface area contributed by atoms with E-state index in [0.29, 0.717) is 24.2 Å². The molecule has 0 unspecified atom stereocenters. The number of carboxylic acid groups (broad SMARTS) is 1. The van der Waals surface area contributed by atoms with Crippen LogP contribution in [0.15, 0.2) is 60.7 Å². The van der Waals surface area contributed by atoms with E-state index in [1.807, 2.05) is 36.6 Å². The van der Waals surface area contributed by atoms with Crippen molar-refractivity contribution in [3.05, 3.63) is 71.8 Å². The van der Waals surface area contributed by atoms with Crippen LogP contribution < -0.4 is 65.5 Å². The number of rotatable bonds is 36. The van der Waals surface area contributed by atoms with Gasteiger partial charge in [-0.3, -0.25) is 47.9 Å². The zero-order valence-corrected chi connectivity index (χ0v) is 44.7. The van der Waals surface area contributed by atoms with Crippen LogP contribution in [0.3, 0.4) is 0 Å². The van der Waals surface area contributed by atoms with Crippen molar-refractivity contribution in [2.45, 2.75) is 140 Å². The Bertz CT molecular complexity index is 2260. The van der Waals surface area contributed by atoms with Gasteiger partial charge in [-0.1, -0.05) is 88.4 Å². The fraction of sp³-hybridized carbons (Fsp3) is 0.549. The van der Waals surface area contributed by atoms with Crippen molar-refractivity contribution in [3.63, 3.8) is 0 Å². The van der Waals surface area contributed by atoms with Crippen LogP contribution in [-0.4, -0.2) is 144 Å². The normalized spacial score (nSPS) is 14.2. The predicted octanol–water partition coefficient (Wildman–Crippen LogP) is -1.88. The first kappa shape index (κ1) is 65.0. The van der Waals surface area contributed by atoms with Crippen LogP contribution in [0, 0.1) is 11.8 Å². The molecule has 10 amide bonds. The summed E-state index contributed by atoms with van der Waals surface area (Å²) in [5.41, 5.74) is 24.2. The summed E-state index contributed by atoms with van der Waals surface area (Å²) < 4.78 is 0. The maximum Gasteiger partial charge on any atom is 0.326 e. The molecular formula is C51H78N12O12S. The van der Waals surface area contributed by atoms with Crippen molar-refractivity contribution >= 4 is 76.8 Å². The molecule has 420 valence electrons. The smallest absolute Gasteiger partial charge is 0.326 e. The predicted molar refractivity (Wildman–Crippen MR) is 285 cm³/mol. The van der Waals surface area contributed by atoms with E-state index in [0.717, 1.165) is 5.56 Å². The summed E-state index contributed by atoms with van der Waals surface area (Å²) in [4.78, 5) is 145. The molecule has 0 saturated heterocycles. The molecule has 2 rings (SSSR count). The lowest BCUT2D eigenvalue weighted by atomic mass is 10.0. The average Bonchev–Trinajstić information content (AvgIpc) is 3.36. The Morgan fingerprint density at radius 2 is 1.04 bits per heavy atom. The number of unbranched alkanes of at least 4 members (excludes halogenated alkanes) is 1. The summed E-state index contributed by atoms with van der Waals surface area (Å²) in [6, 6.07) is 7.26. The Kier molecular flexibility index (Phi) is 29.5. The van der Waals surface area contributed by atoms with Crippen LogP contribution in [0.25, 0.3) is 0 Å². The third-order valence-corrected chi connectivity index (χ3v) is 12.4. The molecule has 0 fully saturated rings. The van der Waals surface area contributed by atoms with Crippen LogP contribution in [0.4, 0.5) is 0 Å². The monoisotopic (exact) mass is 1080 g/mol. The molecule has 8 atom stereocenters. The van der Waals surface area contributed by atoms with Crippen LogP contribution in [0.1, 0.15) is 90.2 Å². The lowest BCUT2D eigenvalue weighted by Gasteiger charge is -2.28. The molecule has 0 radical (unpaired) electrons. The number of carbonyl (C=O) groups is 11. The quantitative estimate of drug-likeness (QED) is 0.0332. The molecule has 0 aliphatic rings.